The largest absolute Gasteiger partial charge is 0.507 e. The van der Waals surface area contributed by atoms with E-state index in [1.165, 1.54) is 4.68 Å². The van der Waals surface area contributed by atoms with E-state index in [1.54, 1.807) is 6.07 Å². The zero-order valence-corrected chi connectivity index (χ0v) is 18.4. The van der Waals surface area contributed by atoms with Crippen molar-refractivity contribution in [2.24, 2.45) is 0 Å². The predicted octanol–water partition coefficient (Wildman–Crippen LogP) is 4.96. The van der Waals surface area contributed by atoms with Crippen molar-refractivity contribution in [2.75, 3.05) is 0 Å². The maximum absolute atomic E-state index is 13.3. The van der Waals surface area contributed by atoms with Gasteiger partial charge in [0.15, 0.2) is 0 Å². The number of aryl methyl sites for hydroxylation is 1. The molecule has 1 N–H and O–H groups in total. The monoisotopic (exact) mass is 507 g/mol. The highest BCUT2D eigenvalue weighted by atomic mass is 127. The minimum atomic E-state index is -0.194. The van der Waals surface area contributed by atoms with E-state index in [1.807, 2.05) is 66.2 Å². The fourth-order valence-corrected chi connectivity index (χ4v) is 4.41. The minimum Gasteiger partial charge on any atom is -0.507 e. The summed E-state index contributed by atoms with van der Waals surface area (Å²) in [6, 6.07) is 21.2. The van der Waals surface area contributed by atoms with Crippen LogP contribution in [-0.2, 0) is 6.54 Å². The molecule has 3 aromatic carbocycles. The summed E-state index contributed by atoms with van der Waals surface area (Å²) in [6.45, 7) is 2.54. The molecule has 5 rings (SSSR count). The number of pyridine rings is 1. The molecule has 3 aromatic rings. The van der Waals surface area contributed by atoms with Crippen LogP contribution in [0.25, 0.3) is 27.8 Å². The van der Waals surface area contributed by atoms with Crippen molar-refractivity contribution < 1.29 is 5.11 Å². The summed E-state index contributed by atoms with van der Waals surface area (Å²) in [5.41, 5.74) is 4.48. The van der Waals surface area contributed by atoms with E-state index >= 15 is 0 Å². The molecule has 0 radical (unpaired) electrons. The van der Waals surface area contributed by atoms with Gasteiger partial charge in [-0.05, 0) is 64.9 Å². The third kappa shape index (κ3) is 2.99. The van der Waals surface area contributed by atoms with Crippen LogP contribution in [0, 0.1) is 10.5 Å². The van der Waals surface area contributed by atoms with Gasteiger partial charge in [-0.1, -0.05) is 42.5 Å². The lowest BCUT2D eigenvalue weighted by atomic mass is 10.1. The number of halogens is 1. The molecule has 0 saturated heterocycles. The first kappa shape index (κ1) is 18.9. The highest BCUT2D eigenvalue weighted by Crippen LogP contribution is 2.34. The second-order valence-corrected chi connectivity index (χ2v) is 8.45. The molecular formula is C24H18IN3O2. The van der Waals surface area contributed by atoms with E-state index < -0.39 is 0 Å². The van der Waals surface area contributed by atoms with Gasteiger partial charge in [-0.25, -0.2) is 0 Å². The van der Waals surface area contributed by atoms with Crippen LogP contribution in [-0.4, -0.2) is 19.5 Å². The molecule has 148 valence electrons. The van der Waals surface area contributed by atoms with Crippen molar-refractivity contribution in [3.63, 3.8) is 0 Å². The molecule has 2 heterocycles. The molecule has 0 unspecified atom stereocenters. The number of rotatable bonds is 3. The van der Waals surface area contributed by atoms with Gasteiger partial charge < -0.3 is 9.67 Å². The van der Waals surface area contributed by atoms with Crippen LogP contribution in [0.3, 0.4) is 0 Å². The average Bonchev–Trinajstić information content (AvgIpc) is 3.06. The summed E-state index contributed by atoms with van der Waals surface area (Å²) < 4.78 is 4.59. The molecule has 2 aliphatic rings. The lowest BCUT2D eigenvalue weighted by molar-refractivity contribution is 0.481. The Kier molecular flexibility index (Phi) is 4.58. The molecule has 0 spiro atoms. The lowest BCUT2D eigenvalue weighted by Crippen LogP contribution is -2.16. The van der Waals surface area contributed by atoms with E-state index in [9.17, 15) is 9.90 Å². The standard InChI is InChI=1S/C24H18IN3O2/c1-15-7-2-5-10-19(15)28-24(30)17-14-27(13-16-8-3-4-9-18(16)25)20-11-6-12-21(29)22(20)23(17)26-28/h2-12,14,29H,13H2,1H3. The van der Waals surface area contributed by atoms with Gasteiger partial charge in [-0.15, -0.1) is 0 Å². The van der Waals surface area contributed by atoms with Gasteiger partial charge in [0, 0.05) is 16.3 Å². The van der Waals surface area contributed by atoms with Crippen molar-refractivity contribution in [3.05, 3.63) is 98.0 Å². The predicted molar refractivity (Wildman–Crippen MR) is 127 cm³/mol. The van der Waals surface area contributed by atoms with Crippen LogP contribution in [0.15, 0.2) is 77.7 Å². The fourth-order valence-electron chi connectivity index (χ4n) is 3.86. The van der Waals surface area contributed by atoms with Crippen LogP contribution >= 0.6 is 22.6 Å². The number of hydrogen-bond donors (Lipinski definition) is 1. The van der Waals surface area contributed by atoms with Crippen molar-refractivity contribution >= 4 is 33.5 Å². The van der Waals surface area contributed by atoms with Crippen molar-refractivity contribution in [3.8, 4) is 22.7 Å². The minimum absolute atomic E-state index is 0.115. The highest BCUT2D eigenvalue weighted by Gasteiger charge is 2.23. The van der Waals surface area contributed by atoms with E-state index in [4.69, 9.17) is 0 Å². The Labute approximate surface area is 186 Å². The van der Waals surface area contributed by atoms with Crippen LogP contribution in [0.4, 0.5) is 0 Å². The average molecular weight is 507 g/mol. The first-order valence-corrected chi connectivity index (χ1v) is 10.7. The number of aromatic nitrogens is 3. The SMILES string of the molecule is Cc1ccccc1-n1nc2c3c(O)cccc3n(Cc3ccccc3I)cc-2c1=O. The zero-order valence-electron chi connectivity index (χ0n) is 16.2. The van der Waals surface area contributed by atoms with E-state index in [0.717, 1.165) is 25.9 Å². The van der Waals surface area contributed by atoms with Gasteiger partial charge in [-0.3, -0.25) is 4.79 Å². The topological polar surface area (TPSA) is 60.0 Å². The Bertz CT molecular complexity index is 1430. The number of benzene rings is 3. The molecule has 6 heteroatoms. The van der Waals surface area contributed by atoms with Gasteiger partial charge in [-0.2, -0.15) is 9.78 Å². The smallest absolute Gasteiger partial charge is 0.282 e. The number of phenols is 1. The summed E-state index contributed by atoms with van der Waals surface area (Å²) in [7, 11) is 0. The summed E-state index contributed by atoms with van der Waals surface area (Å²) >= 11 is 2.32. The third-order valence-corrected chi connectivity index (χ3v) is 6.42. The maximum Gasteiger partial charge on any atom is 0.282 e. The molecule has 0 atom stereocenters. The van der Waals surface area contributed by atoms with Crippen LogP contribution < -0.4 is 5.56 Å². The first-order chi connectivity index (χ1) is 14.5. The van der Waals surface area contributed by atoms with Gasteiger partial charge in [0.1, 0.15) is 11.4 Å². The number of fused-ring (bicyclic) bond motifs is 3. The molecule has 0 aliphatic carbocycles. The number of hydrogen-bond acceptors (Lipinski definition) is 3. The highest BCUT2D eigenvalue weighted by molar-refractivity contribution is 14.1. The Balaban J connectivity index is 1.82. The molecular weight excluding hydrogens is 489 g/mol. The normalized spacial score (nSPS) is 11.4. The number of phenolic OH excluding ortho intramolecular Hbond substituents is 1. The third-order valence-electron chi connectivity index (χ3n) is 5.37. The quantitative estimate of drug-likeness (QED) is 0.352. The zero-order chi connectivity index (χ0) is 20.8. The Morgan fingerprint density at radius 2 is 1.77 bits per heavy atom. The van der Waals surface area contributed by atoms with Crippen LogP contribution in [0.2, 0.25) is 0 Å². The summed E-state index contributed by atoms with van der Waals surface area (Å²) in [5.74, 6) is 0.115. The Hall–Kier alpha value is -3.13. The molecule has 0 bridgehead atoms. The van der Waals surface area contributed by atoms with Crippen molar-refractivity contribution in [2.45, 2.75) is 13.5 Å². The first-order valence-electron chi connectivity index (χ1n) is 9.58. The van der Waals surface area contributed by atoms with Gasteiger partial charge in [0.05, 0.1) is 22.2 Å². The molecule has 0 saturated carbocycles. The summed E-state index contributed by atoms with van der Waals surface area (Å²) in [5, 5.41) is 15.9. The van der Waals surface area contributed by atoms with Gasteiger partial charge in [0.2, 0.25) is 0 Å². The fraction of sp³-hybridized carbons (Fsp3) is 0.0833. The van der Waals surface area contributed by atoms with E-state index in [0.29, 0.717) is 23.2 Å². The second-order valence-electron chi connectivity index (χ2n) is 7.29. The van der Waals surface area contributed by atoms with Gasteiger partial charge in [0.25, 0.3) is 5.56 Å². The van der Waals surface area contributed by atoms with Gasteiger partial charge >= 0.3 is 0 Å². The summed E-state index contributed by atoms with van der Waals surface area (Å²) in [6.07, 6.45) is 1.85. The Morgan fingerprint density at radius 3 is 2.57 bits per heavy atom. The lowest BCUT2D eigenvalue weighted by Gasteiger charge is -2.15. The molecule has 30 heavy (non-hydrogen) atoms. The molecule has 0 aromatic heterocycles. The summed E-state index contributed by atoms with van der Waals surface area (Å²) in [4.78, 5) is 13.3. The number of nitrogens with zero attached hydrogens (tertiary/aromatic N) is 3. The van der Waals surface area contributed by atoms with Crippen LogP contribution in [0.1, 0.15) is 11.1 Å². The van der Waals surface area contributed by atoms with E-state index in [2.05, 4.69) is 39.8 Å². The Morgan fingerprint density at radius 1 is 1.00 bits per heavy atom. The molecule has 0 amide bonds. The molecule has 0 fully saturated rings. The molecule has 5 nitrogen and oxygen atoms in total. The molecule has 2 aliphatic heterocycles. The van der Waals surface area contributed by atoms with E-state index in [-0.39, 0.29) is 11.3 Å². The van der Waals surface area contributed by atoms with Crippen molar-refractivity contribution in [1.29, 1.82) is 0 Å². The maximum atomic E-state index is 13.3. The van der Waals surface area contributed by atoms with Crippen LogP contribution in [0.5, 0.6) is 5.75 Å². The number of para-hydroxylation sites is 1. The second kappa shape index (κ2) is 7.28. The number of aromatic hydroxyl groups is 1. The van der Waals surface area contributed by atoms with Crippen molar-refractivity contribution in [1.82, 2.24) is 14.3 Å².